The standard InChI is InChI=1S/C11H12Br2N2O2/c1-16-9-6(11-14-3-4-15-11)5-7(12)10(17-2)8(9)13/h5H,3-4H2,1-2H3,(H,14,15). The third-order valence-corrected chi connectivity index (χ3v) is 3.78. The van der Waals surface area contributed by atoms with Crippen molar-refractivity contribution in [3.8, 4) is 11.5 Å². The van der Waals surface area contributed by atoms with E-state index in [0.29, 0.717) is 5.75 Å². The zero-order valence-corrected chi connectivity index (χ0v) is 12.7. The Bertz CT molecular complexity index is 475. The Morgan fingerprint density at radius 3 is 2.47 bits per heavy atom. The normalized spacial score (nSPS) is 14.2. The van der Waals surface area contributed by atoms with E-state index in [-0.39, 0.29) is 0 Å². The number of nitrogens with one attached hydrogen (secondary N) is 1. The summed E-state index contributed by atoms with van der Waals surface area (Å²) >= 11 is 6.96. The van der Waals surface area contributed by atoms with E-state index in [9.17, 15) is 0 Å². The maximum Gasteiger partial charge on any atom is 0.151 e. The van der Waals surface area contributed by atoms with Crippen molar-refractivity contribution in [2.75, 3.05) is 27.3 Å². The van der Waals surface area contributed by atoms with Crippen molar-refractivity contribution in [1.29, 1.82) is 0 Å². The first kappa shape index (κ1) is 12.7. The molecule has 4 nitrogen and oxygen atoms in total. The number of nitrogens with zero attached hydrogens (tertiary/aromatic N) is 1. The highest BCUT2D eigenvalue weighted by Gasteiger charge is 2.21. The number of hydrogen-bond donors (Lipinski definition) is 1. The van der Waals surface area contributed by atoms with Crippen LogP contribution in [0.3, 0.4) is 0 Å². The predicted octanol–water partition coefficient (Wildman–Crippen LogP) is 2.58. The summed E-state index contributed by atoms with van der Waals surface area (Å²) in [5.74, 6) is 2.29. The third kappa shape index (κ3) is 2.28. The van der Waals surface area contributed by atoms with E-state index in [4.69, 9.17) is 9.47 Å². The monoisotopic (exact) mass is 362 g/mol. The lowest BCUT2D eigenvalue weighted by Crippen LogP contribution is -2.20. The summed E-state index contributed by atoms with van der Waals surface area (Å²) in [5.41, 5.74) is 0.921. The Labute approximate surface area is 117 Å². The molecular formula is C11H12Br2N2O2. The molecule has 1 aromatic rings. The van der Waals surface area contributed by atoms with Gasteiger partial charge in [-0.2, -0.15) is 0 Å². The number of rotatable bonds is 3. The highest BCUT2D eigenvalue weighted by atomic mass is 79.9. The Kier molecular flexibility index (Phi) is 3.93. The molecule has 0 spiro atoms. The van der Waals surface area contributed by atoms with Gasteiger partial charge in [-0.15, -0.1) is 0 Å². The van der Waals surface area contributed by atoms with Crippen LogP contribution in [0, 0.1) is 0 Å². The van der Waals surface area contributed by atoms with Gasteiger partial charge >= 0.3 is 0 Å². The van der Waals surface area contributed by atoms with E-state index < -0.39 is 0 Å². The fraction of sp³-hybridized carbons (Fsp3) is 0.364. The second kappa shape index (κ2) is 5.27. The summed E-state index contributed by atoms with van der Waals surface area (Å²) in [4.78, 5) is 4.40. The average Bonchev–Trinajstić information content (AvgIpc) is 2.82. The molecule has 1 aliphatic rings. The zero-order chi connectivity index (χ0) is 12.4. The van der Waals surface area contributed by atoms with Gasteiger partial charge in [0.25, 0.3) is 0 Å². The first-order valence-corrected chi connectivity index (χ1v) is 6.66. The highest BCUT2D eigenvalue weighted by Crippen LogP contribution is 2.42. The molecule has 1 heterocycles. The van der Waals surface area contributed by atoms with Crippen LogP contribution in [-0.4, -0.2) is 33.1 Å². The number of ether oxygens (including phenoxy) is 2. The number of hydrogen-bond acceptors (Lipinski definition) is 4. The Morgan fingerprint density at radius 2 is 1.94 bits per heavy atom. The summed E-state index contributed by atoms with van der Waals surface area (Å²) in [7, 11) is 3.25. The van der Waals surface area contributed by atoms with E-state index in [1.807, 2.05) is 6.07 Å². The van der Waals surface area contributed by atoms with Crippen molar-refractivity contribution in [3.05, 3.63) is 20.6 Å². The third-order valence-electron chi connectivity index (χ3n) is 2.47. The van der Waals surface area contributed by atoms with Gasteiger partial charge < -0.3 is 14.8 Å². The van der Waals surface area contributed by atoms with Crippen LogP contribution in [-0.2, 0) is 0 Å². The Balaban J connectivity index is 2.59. The molecule has 0 aromatic heterocycles. The van der Waals surface area contributed by atoms with Gasteiger partial charge in [0, 0.05) is 6.54 Å². The number of aliphatic imine (C=N–C) groups is 1. The van der Waals surface area contributed by atoms with Gasteiger partial charge in [-0.3, -0.25) is 4.99 Å². The summed E-state index contributed by atoms with van der Waals surface area (Å²) in [6.45, 7) is 1.65. The van der Waals surface area contributed by atoms with Gasteiger partial charge in [0.2, 0.25) is 0 Å². The van der Waals surface area contributed by atoms with Crippen molar-refractivity contribution in [1.82, 2.24) is 5.32 Å². The molecule has 0 amide bonds. The van der Waals surface area contributed by atoms with Gasteiger partial charge in [0.05, 0.1) is 30.8 Å². The molecule has 0 bridgehead atoms. The molecule has 0 saturated heterocycles. The lowest BCUT2D eigenvalue weighted by Gasteiger charge is -2.15. The van der Waals surface area contributed by atoms with Crippen LogP contribution < -0.4 is 14.8 Å². The molecule has 0 radical (unpaired) electrons. The number of amidine groups is 1. The van der Waals surface area contributed by atoms with Gasteiger partial charge in [0.15, 0.2) is 5.75 Å². The maximum absolute atomic E-state index is 5.42. The summed E-state index contributed by atoms with van der Waals surface area (Å²) in [6.07, 6.45) is 0. The van der Waals surface area contributed by atoms with Gasteiger partial charge in [-0.05, 0) is 37.9 Å². The SMILES string of the molecule is COc1c(Br)cc(C2=NCCN2)c(OC)c1Br. The molecule has 0 unspecified atom stereocenters. The molecule has 17 heavy (non-hydrogen) atoms. The van der Waals surface area contributed by atoms with Crippen LogP contribution >= 0.6 is 31.9 Å². The maximum atomic E-state index is 5.42. The fourth-order valence-electron chi connectivity index (χ4n) is 1.72. The average molecular weight is 364 g/mol. The van der Waals surface area contributed by atoms with Gasteiger partial charge in [-0.1, -0.05) is 0 Å². The van der Waals surface area contributed by atoms with Gasteiger partial charge in [-0.25, -0.2) is 0 Å². The van der Waals surface area contributed by atoms with Crippen LogP contribution in [0.15, 0.2) is 20.0 Å². The Hall–Kier alpha value is -0.750. The topological polar surface area (TPSA) is 42.8 Å². The summed E-state index contributed by atoms with van der Waals surface area (Å²) in [5, 5.41) is 3.23. The zero-order valence-electron chi connectivity index (χ0n) is 9.51. The van der Waals surface area contributed by atoms with Crippen LogP contribution in [0.4, 0.5) is 0 Å². The van der Waals surface area contributed by atoms with Crippen molar-refractivity contribution in [2.24, 2.45) is 4.99 Å². The summed E-state index contributed by atoms with van der Waals surface area (Å²) in [6, 6.07) is 1.94. The van der Waals surface area contributed by atoms with Crippen molar-refractivity contribution >= 4 is 37.7 Å². The second-order valence-electron chi connectivity index (χ2n) is 3.44. The minimum atomic E-state index is 0.712. The van der Waals surface area contributed by atoms with E-state index in [2.05, 4.69) is 42.2 Å². The van der Waals surface area contributed by atoms with Gasteiger partial charge in [0.1, 0.15) is 16.1 Å². The molecule has 0 aliphatic carbocycles. The van der Waals surface area contributed by atoms with E-state index >= 15 is 0 Å². The highest BCUT2D eigenvalue weighted by molar-refractivity contribution is 9.11. The largest absolute Gasteiger partial charge is 0.495 e. The summed E-state index contributed by atoms with van der Waals surface area (Å²) < 4.78 is 12.4. The molecule has 2 rings (SSSR count). The molecule has 1 aliphatic heterocycles. The molecule has 0 fully saturated rings. The van der Waals surface area contributed by atoms with E-state index in [1.165, 1.54) is 0 Å². The number of methoxy groups -OCH3 is 2. The lowest BCUT2D eigenvalue weighted by atomic mass is 10.1. The smallest absolute Gasteiger partial charge is 0.151 e. The first-order valence-electron chi connectivity index (χ1n) is 5.07. The van der Waals surface area contributed by atoms with Crippen molar-refractivity contribution < 1.29 is 9.47 Å². The quantitative estimate of drug-likeness (QED) is 0.897. The molecule has 0 atom stereocenters. The Morgan fingerprint density at radius 1 is 1.24 bits per heavy atom. The van der Waals surface area contributed by atoms with Crippen LogP contribution in [0.1, 0.15) is 5.56 Å². The minimum absolute atomic E-state index is 0.712. The second-order valence-corrected chi connectivity index (χ2v) is 5.09. The number of halogens is 2. The predicted molar refractivity (Wildman–Crippen MR) is 74.4 cm³/mol. The van der Waals surface area contributed by atoms with E-state index in [0.717, 1.165) is 39.2 Å². The lowest BCUT2D eigenvalue weighted by molar-refractivity contribution is 0.387. The molecule has 92 valence electrons. The van der Waals surface area contributed by atoms with Crippen LogP contribution in [0.2, 0.25) is 0 Å². The van der Waals surface area contributed by atoms with Crippen molar-refractivity contribution in [3.63, 3.8) is 0 Å². The minimum Gasteiger partial charge on any atom is -0.495 e. The molecular weight excluding hydrogens is 352 g/mol. The molecule has 1 aromatic carbocycles. The molecule has 0 saturated carbocycles. The van der Waals surface area contributed by atoms with Crippen molar-refractivity contribution in [2.45, 2.75) is 0 Å². The number of benzene rings is 1. The fourth-order valence-corrected chi connectivity index (χ4v) is 3.33. The van der Waals surface area contributed by atoms with E-state index in [1.54, 1.807) is 14.2 Å². The first-order chi connectivity index (χ1) is 8.19. The van der Waals surface area contributed by atoms with Crippen LogP contribution in [0.5, 0.6) is 11.5 Å². The molecule has 1 N–H and O–H groups in total. The molecule has 6 heteroatoms. The van der Waals surface area contributed by atoms with Crippen LogP contribution in [0.25, 0.3) is 0 Å².